The number of carbonyl (C=O) groups excluding carboxylic acids is 1. The zero-order valence-electron chi connectivity index (χ0n) is 11.8. The van der Waals surface area contributed by atoms with Crippen molar-refractivity contribution in [1.82, 2.24) is 10.9 Å². The van der Waals surface area contributed by atoms with Crippen LogP contribution in [-0.4, -0.2) is 20.1 Å². The first-order valence-corrected chi connectivity index (χ1v) is 6.10. The molecule has 1 amide bonds. The highest BCUT2D eigenvalue weighted by Gasteiger charge is 2.13. The van der Waals surface area contributed by atoms with Gasteiger partial charge in [0, 0.05) is 13.5 Å². The first kappa shape index (κ1) is 14.5. The van der Waals surface area contributed by atoms with E-state index in [9.17, 15) is 4.79 Å². The molecule has 0 radical (unpaired) electrons. The van der Waals surface area contributed by atoms with Crippen molar-refractivity contribution in [3.63, 3.8) is 0 Å². The molecule has 1 rings (SSSR count). The highest BCUT2D eigenvalue weighted by Crippen LogP contribution is 2.30. The number of benzene rings is 1. The van der Waals surface area contributed by atoms with Crippen molar-refractivity contribution < 1.29 is 9.53 Å². The van der Waals surface area contributed by atoms with Gasteiger partial charge in [-0.3, -0.25) is 10.2 Å². The highest BCUT2D eigenvalue weighted by atomic mass is 16.5. The molecule has 100 valence electrons. The maximum atomic E-state index is 11.5. The Hall–Kier alpha value is -1.55. The van der Waals surface area contributed by atoms with Crippen LogP contribution in [-0.2, 0) is 11.2 Å². The molecule has 1 aromatic carbocycles. The van der Waals surface area contributed by atoms with Crippen LogP contribution < -0.4 is 15.6 Å². The highest BCUT2D eigenvalue weighted by molar-refractivity contribution is 5.75. The standard InChI is InChI=1S/C14H22N2O2/c1-9-8-10(2)12(14(18-5)11(9)3)6-7-13(17)16-15-4/h8,15H,6-7H2,1-5H3,(H,16,17). The molecule has 0 fully saturated rings. The second-order valence-corrected chi connectivity index (χ2v) is 4.45. The van der Waals surface area contributed by atoms with Gasteiger partial charge in [0.25, 0.3) is 0 Å². The van der Waals surface area contributed by atoms with Gasteiger partial charge in [-0.05, 0) is 49.4 Å². The Morgan fingerprint density at radius 2 is 1.94 bits per heavy atom. The van der Waals surface area contributed by atoms with Crippen LogP contribution in [0.3, 0.4) is 0 Å². The van der Waals surface area contributed by atoms with Crippen molar-refractivity contribution in [3.8, 4) is 5.75 Å². The lowest BCUT2D eigenvalue weighted by molar-refractivity contribution is -0.121. The van der Waals surface area contributed by atoms with Crippen LogP contribution in [0.5, 0.6) is 5.75 Å². The smallest absolute Gasteiger partial charge is 0.234 e. The molecule has 0 unspecified atom stereocenters. The monoisotopic (exact) mass is 250 g/mol. The summed E-state index contributed by atoms with van der Waals surface area (Å²) in [7, 11) is 3.36. The van der Waals surface area contributed by atoms with Gasteiger partial charge < -0.3 is 4.74 Å². The molecular weight excluding hydrogens is 228 g/mol. The summed E-state index contributed by atoms with van der Waals surface area (Å²) < 4.78 is 5.48. The van der Waals surface area contributed by atoms with E-state index in [0.717, 1.165) is 16.9 Å². The number of rotatable bonds is 5. The van der Waals surface area contributed by atoms with Crippen LogP contribution >= 0.6 is 0 Å². The van der Waals surface area contributed by atoms with E-state index in [1.165, 1.54) is 11.1 Å². The summed E-state index contributed by atoms with van der Waals surface area (Å²) in [4.78, 5) is 11.5. The van der Waals surface area contributed by atoms with Crippen LogP contribution in [0.25, 0.3) is 0 Å². The molecule has 0 bridgehead atoms. The zero-order valence-corrected chi connectivity index (χ0v) is 11.8. The number of hydrogen-bond donors (Lipinski definition) is 2. The average Bonchev–Trinajstić information content (AvgIpc) is 2.32. The SMILES string of the molecule is CNNC(=O)CCc1c(C)cc(C)c(C)c1OC. The summed E-state index contributed by atoms with van der Waals surface area (Å²) in [5.41, 5.74) is 9.86. The summed E-state index contributed by atoms with van der Waals surface area (Å²) in [6, 6.07) is 2.14. The van der Waals surface area contributed by atoms with E-state index in [4.69, 9.17) is 4.74 Å². The molecule has 0 saturated carbocycles. The molecule has 1 aromatic rings. The van der Waals surface area contributed by atoms with Gasteiger partial charge in [-0.25, -0.2) is 5.43 Å². The molecule has 0 spiro atoms. The summed E-state index contributed by atoms with van der Waals surface area (Å²) in [6.45, 7) is 6.17. The topological polar surface area (TPSA) is 50.4 Å². The number of carbonyl (C=O) groups is 1. The third-order valence-corrected chi connectivity index (χ3v) is 3.19. The zero-order chi connectivity index (χ0) is 13.7. The molecule has 0 aliphatic rings. The molecule has 0 aliphatic carbocycles. The van der Waals surface area contributed by atoms with E-state index >= 15 is 0 Å². The van der Waals surface area contributed by atoms with E-state index < -0.39 is 0 Å². The van der Waals surface area contributed by atoms with Crippen LogP contribution in [0.1, 0.15) is 28.7 Å². The maximum Gasteiger partial charge on any atom is 0.234 e. The lowest BCUT2D eigenvalue weighted by atomic mass is 9.96. The molecule has 0 atom stereocenters. The summed E-state index contributed by atoms with van der Waals surface area (Å²) >= 11 is 0. The summed E-state index contributed by atoms with van der Waals surface area (Å²) in [5, 5.41) is 0. The Kier molecular flexibility index (Phi) is 5.16. The Morgan fingerprint density at radius 3 is 2.50 bits per heavy atom. The van der Waals surface area contributed by atoms with E-state index in [-0.39, 0.29) is 5.91 Å². The molecule has 2 N–H and O–H groups in total. The van der Waals surface area contributed by atoms with Gasteiger partial charge in [0.05, 0.1) is 7.11 Å². The molecule has 4 nitrogen and oxygen atoms in total. The Bertz CT molecular complexity index is 442. The van der Waals surface area contributed by atoms with Gasteiger partial charge in [0.2, 0.25) is 5.91 Å². The van der Waals surface area contributed by atoms with Crippen molar-refractivity contribution in [2.75, 3.05) is 14.2 Å². The molecule has 0 aromatic heterocycles. The van der Waals surface area contributed by atoms with Crippen LogP contribution in [0.4, 0.5) is 0 Å². The van der Waals surface area contributed by atoms with Crippen molar-refractivity contribution in [1.29, 1.82) is 0 Å². The van der Waals surface area contributed by atoms with Gasteiger partial charge in [-0.1, -0.05) is 6.07 Å². The summed E-state index contributed by atoms with van der Waals surface area (Å²) in [5.74, 6) is 0.891. The predicted octanol–water partition coefficient (Wildman–Crippen LogP) is 1.80. The minimum absolute atomic E-state index is 0.0165. The predicted molar refractivity (Wildman–Crippen MR) is 72.7 cm³/mol. The second kappa shape index (κ2) is 6.40. The van der Waals surface area contributed by atoms with Crippen molar-refractivity contribution in [3.05, 3.63) is 28.3 Å². The van der Waals surface area contributed by atoms with E-state index in [1.807, 2.05) is 6.92 Å². The fraction of sp³-hybridized carbons (Fsp3) is 0.500. The van der Waals surface area contributed by atoms with Crippen molar-refractivity contribution >= 4 is 5.91 Å². The molecular formula is C14H22N2O2. The number of hydrazine groups is 1. The third kappa shape index (κ3) is 3.23. The van der Waals surface area contributed by atoms with Gasteiger partial charge in [0.15, 0.2) is 0 Å². The minimum atomic E-state index is -0.0165. The number of nitrogens with one attached hydrogen (secondary N) is 2. The number of amides is 1. The maximum absolute atomic E-state index is 11.5. The Labute approximate surface area is 109 Å². The van der Waals surface area contributed by atoms with E-state index in [1.54, 1.807) is 14.2 Å². The first-order valence-electron chi connectivity index (χ1n) is 6.10. The van der Waals surface area contributed by atoms with E-state index in [2.05, 4.69) is 30.8 Å². The van der Waals surface area contributed by atoms with Gasteiger partial charge in [0.1, 0.15) is 5.75 Å². The molecule has 0 aliphatic heterocycles. The molecule has 0 heterocycles. The third-order valence-electron chi connectivity index (χ3n) is 3.19. The Morgan fingerprint density at radius 1 is 1.28 bits per heavy atom. The van der Waals surface area contributed by atoms with Crippen LogP contribution in [0.15, 0.2) is 6.07 Å². The van der Waals surface area contributed by atoms with Crippen LogP contribution in [0, 0.1) is 20.8 Å². The quantitative estimate of drug-likeness (QED) is 0.784. The second-order valence-electron chi connectivity index (χ2n) is 4.45. The van der Waals surface area contributed by atoms with Gasteiger partial charge in [-0.15, -0.1) is 0 Å². The lowest BCUT2D eigenvalue weighted by Crippen LogP contribution is -2.34. The molecule has 0 saturated heterocycles. The Balaban J connectivity index is 2.94. The van der Waals surface area contributed by atoms with Crippen LogP contribution in [0.2, 0.25) is 0 Å². The molecule has 4 heteroatoms. The first-order chi connectivity index (χ1) is 8.51. The largest absolute Gasteiger partial charge is 0.496 e. The fourth-order valence-corrected chi connectivity index (χ4v) is 2.13. The average molecular weight is 250 g/mol. The van der Waals surface area contributed by atoms with Gasteiger partial charge in [-0.2, -0.15) is 0 Å². The van der Waals surface area contributed by atoms with E-state index in [0.29, 0.717) is 12.8 Å². The molecule has 18 heavy (non-hydrogen) atoms. The normalized spacial score (nSPS) is 10.3. The summed E-state index contributed by atoms with van der Waals surface area (Å²) in [6.07, 6.45) is 1.13. The number of ether oxygens (including phenoxy) is 1. The van der Waals surface area contributed by atoms with Gasteiger partial charge >= 0.3 is 0 Å². The number of aryl methyl sites for hydroxylation is 2. The van der Waals surface area contributed by atoms with Crippen molar-refractivity contribution in [2.24, 2.45) is 0 Å². The lowest BCUT2D eigenvalue weighted by Gasteiger charge is -2.16. The minimum Gasteiger partial charge on any atom is -0.496 e. The van der Waals surface area contributed by atoms with Crippen molar-refractivity contribution in [2.45, 2.75) is 33.6 Å². The number of methoxy groups -OCH3 is 1. The number of hydrogen-bond acceptors (Lipinski definition) is 3. The fourth-order valence-electron chi connectivity index (χ4n) is 2.13.